The van der Waals surface area contributed by atoms with E-state index in [0.717, 1.165) is 29.9 Å². The molecule has 0 fully saturated rings. The van der Waals surface area contributed by atoms with E-state index >= 15 is 0 Å². The minimum atomic E-state index is 0.147. The molecule has 29 heavy (non-hydrogen) atoms. The molecule has 0 saturated carbocycles. The van der Waals surface area contributed by atoms with Gasteiger partial charge in [-0.1, -0.05) is 23.2 Å². The Balaban J connectivity index is 1.86. The topological polar surface area (TPSA) is 96.7 Å². The summed E-state index contributed by atoms with van der Waals surface area (Å²) in [5.41, 5.74) is 9.09. The van der Waals surface area contributed by atoms with Crippen molar-refractivity contribution in [3.63, 3.8) is 0 Å². The lowest BCUT2D eigenvalue weighted by atomic mass is 10.3. The van der Waals surface area contributed by atoms with Crippen molar-refractivity contribution < 1.29 is 9.36 Å². The zero-order valence-corrected chi connectivity index (χ0v) is 17.5. The van der Waals surface area contributed by atoms with Gasteiger partial charge in [-0.05, 0) is 26.0 Å². The zero-order valence-electron chi connectivity index (χ0n) is 16.0. The summed E-state index contributed by atoms with van der Waals surface area (Å²) < 4.78 is 4.28. The third kappa shape index (κ3) is 3.18. The number of hydrogen-bond donors (Lipinski definition) is 2. The number of H-pyrrole nitrogens is 1. The summed E-state index contributed by atoms with van der Waals surface area (Å²) >= 11 is 12.4. The first-order valence-electron chi connectivity index (χ1n) is 9.20. The molecule has 3 N–H and O–H groups in total. The quantitative estimate of drug-likeness (QED) is 0.360. The van der Waals surface area contributed by atoms with Crippen molar-refractivity contribution in [2.75, 3.05) is 10.6 Å². The Bertz CT molecular complexity index is 1230. The zero-order chi connectivity index (χ0) is 20.7. The van der Waals surface area contributed by atoms with Crippen LogP contribution in [0, 0.1) is 0 Å². The molecule has 0 saturated heterocycles. The second kappa shape index (κ2) is 7.53. The lowest BCUT2D eigenvalue weighted by Crippen LogP contribution is -2.40. The SMILES string of the molecule is CCn1c(CN(C=O)c2nc3c(Cl)c[nH]c3nc2N)[n+](CC)c2ccc(Cl)cc21. The highest BCUT2D eigenvalue weighted by Gasteiger charge is 2.27. The van der Waals surface area contributed by atoms with E-state index in [0.29, 0.717) is 27.6 Å². The molecule has 0 spiro atoms. The molecule has 0 radical (unpaired) electrons. The van der Waals surface area contributed by atoms with Crippen LogP contribution in [0.4, 0.5) is 11.6 Å². The van der Waals surface area contributed by atoms with Gasteiger partial charge >= 0.3 is 0 Å². The van der Waals surface area contributed by atoms with E-state index in [-0.39, 0.29) is 18.2 Å². The van der Waals surface area contributed by atoms with Crippen LogP contribution in [-0.2, 0) is 24.4 Å². The molecule has 1 aromatic carbocycles. The monoisotopic (exact) mass is 432 g/mol. The van der Waals surface area contributed by atoms with Gasteiger partial charge < -0.3 is 10.7 Å². The molecule has 0 unspecified atom stereocenters. The molecule has 10 heteroatoms. The molecule has 0 aliphatic carbocycles. The van der Waals surface area contributed by atoms with Gasteiger partial charge in [-0.2, -0.15) is 0 Å². The van der Waals surface area contributed by atoms with Crippen molar-refractivity contribution in [3.8, 4) is 0 Å². The number of nitrogens with zero attached hydrogens (tertiary/aromatic N) is 5. The highest BCUT2D eigenvalue weighted by atomic mass is 35.5. The summed E-state index contributed by atoms with van der Waals surface area (Å²) in [6.45, 7) is 5.83. The third-order valence-corrected chi connectivity index (χ3v) is 5.47. The predicted octanol–water partition coefficient (Wildman–Crippen LogP) is 3.29. The number of aryl methyl sites for hydroxylation is 2. The summed E-state index contributed by atoms with van der Waals surface area (Å²) in [6, 6.07) is 5.78. The first-order valence-corrected chi connectivity index (χ1v) is 9.96. The predicted molar refractivity (Wildman–Crippen MR) is 114 cm³/mol. The number of aromatic nitrogens is 5. The molecule has 4 rings (SSSR count). The number of nitrogen functional groups attached to an aromatic ring is 1. The van der Waals surface area contributed by atoms with Crippen LogP contribution in [0.1, 0.15) is 19.7 Å². The molecule has 0 aliphatic heterocycles. The Kier molecular flexibility index (Phi) is 5.06. The molecule has 8 nitrogen and oxygen atoms in total. The number of nitrogens with two attached hydrogens (primary N) is 1. The Hall–Kier alpha value is -2.84. The lowest BCUT2D eigenvalue weighted by Gasteiger charge is -2.16. The molecule has 3 aromatic heterocycles. The molecular formula is C19H20Cl2N7O+. The maximum atomic E-state index is 12.0. The smallest absolute Gasteiger partial charge is 0.277 e. The van der Waals surface area contributed by atoms with Crippen molar-refractivity contribution in [2.24, 2.45) is 0 Å². The average molecular weight is 433 g/mol. The number of anilines is 2. The Morgan fingerprint density at radius 1 is 1.31 bits per heavy atom. The Morgan fingerprint density at radius 2 is 2.10 bits per heavy atom. The van der Waals surface area contributed by atoms with Gasteiger partial charge in [-0.3, -0.25) is 9.69 Å². The van der Waals surface area contributed by atoms with Crippen molar-refractivity contribution in [1.82, 2.24) is 19.5 Å². The minimum Gasteiger partial charge on any atom is -0.381 e. The molecule has 0 aliphatic rings. The number of hydrogen-bond acceptors (Lipinski definition) is 4. The first-order chi connectivity index (χ1) is 14.0. The summed E-state index contributed by atoms with van der Waals surface area (Å²) in [6.07, 6.45) is 2.29. The number of fused-ring (bicyclic) bond motifs is 2. The van der Waals surface area contributed by atoms with Crippen LogP contribution in [0.5, 0.6) is 0 Å². The summed E-state index contributed by atoms with van der Waals surface area (Å²) in [7, 11) is 0. The number of halogens is 2. The van der Waals surface area contributed by atoms with Crippen LogP contribution in [0.25, 0.3) is 22.2 Å². The number of amides is 1. The van der Waals surface area contributed by atoms with Crippen molar-refractivity contribution in [3.05, 3.63) is 40.3 Å². The van der Waals surface area contributed by atoms with E-state index in [9.17, 15) is 4.79 Å². The highest BCUT2D eigenvalue weighted by Crippen LogP contribution is 2.27. The normalized spacial score (nSPS) is 11.4. The van der Waals surface area contributed by atoms with Crippen LogP contribution in [0.15, 0.2) is 24.4 Å². The second-order valence-corrected chi connectivity index (χ2v) is 7.38. The van der Waals surface area contributed by atoms with E-state index in [1.807, 2.05) is 18.2 Å². The fourth-order valence-corrected chi connectivity index (χ4v) is 4.03. The van der Waals surface area contributed by atoms with Gasteiger partial charge in [0, 0.05) is 17.3 Å². The van der Waals surface area contributed by atoms with Crippen LogP contribution in [0.2, 0.25) is 10.0 Å². The maximum absolute atomic E-state index is 12.0. The minimum absolute atomic E-state index is 0.147. The first kappa shape index (κ1) is 19.5. The third-order valence-electron chi connectivity index (χ3n) is 4.95. The van der Waals surface area contributed by atoms with E-state index in [2.05, 4.69) is 37.9 Å². The maximum Gasteiger partial charge on any atom is 0.277 e. The van der Waals surface area contributed by atoms with Gasteiger partial charge in [-0.25, -0.2) is 19.1 Å². The standard InChI is InChI=1S/C19H20Cl2N7O/c1-3-27-13-6-5-11(20)7-14(13)28(4-2)15(27)9-26(10-29)19-17(22)25-18-16(24-19)12(21)8-23-18/h5-8,10H,3-4,9H2,1-2H3,(H3,22,23,25)/q+1. The number of carbonyl (C=O) groups is 1. The van der Waals surface area contributed by atoms with Crippen molar-refractivity contribution >= 4 is 63.4 Å². The molecule has 3 heterocycles. The van der Waals surface area contributed by atoms with Crippen LogP contribution in [-0.4, -0.2) is 25.9 Å². The van der Waals surface area contributed by atoms with Crippen molar-refractivity contribution in [1.29, 1.82) is 0 Å². The summed E-state index contributed by atoms with van der Waals surface area (Å²) in [5.74, 6) is 1.34. The average Bonchev–Trinajstić information content (AvgIpc) is 3.21. The van der Waals surface area contributed by atoms with Crippen LogP contribution >= 0.6 is 23.2 Å². The number of nitrogens with one attached hydrogen (secondary N) is 1. The summed E-state index contributed by atoms with van der Waals surface area (Å²) in [4.78, 5) is 25.1. The van der Waals surface area contributed by atoms with Crippen LogP contribution < -0.4 is 15.2 Å². The van der Waals surface area contributed by atoms with Gasteiger partial charge in [0.15, 0.2) is 28.3 Å². The van der Waals surface area contributed by atoms with Crippen LogP contribution in [0.3, 0.4) is 0 Å². The van der Waals surface area contributed by atoms with E-state index in [1.54, 1.807) is 6.20 Å². The Morgan fingerprint density at radius 3 is 2.79 bits per heavy atom. The van der Waals surface area contributed by atoms with Gasteiger partial charge in [0.05, 0.1) is 18.1 Å². The molecular weight excluding hydrogens is 413 g/mol. The van der Waals surface area contributed by atoms with E-state index < -0.39 is 0 Å². The number of rotatable bonds is 6. The Labute approximate surface area is 176 Å². The molecule has 1 amide bonds. The number of aromatic amines is 1. The van der Waals surface area contributed by atoms with Gasteiger partial charge in [-0.15, -0.1) is 0 Å². The van der Waals surface area contributed by atoms with Gasteiger partial charge in [0.2, 0.25) is 6.41 Å². The van der Waals surface area contributed by atoms with Gasteiger partial charge in [0.25, 0.3) is 5.82 Å². The number of carbonyl (C=O) groups excluding carboxylic acids is 1. The fraction of sp³-hybridized carbons (Fsp3) is 0.263. The molecule has 0 bridgehead atoms. The molecule has 0 atom stereocenters. The summed E-state index contributed by atoms with van der Waals surface area (Å²) in [5, 5.41) is 1.08. The molecule has 150 valence electrons. The largest absolute Gasteiger partial charge is 0.381 e. The second-order valence-electron chi connectivity index (χ2n) is 6.54. The number of benzene rings is 1. The number of imidazole rings is 1. The van der Waals surface area contributed by atoms with E-state index in [4.69, 9.17) is 28.9 Å². The fourth-order valence-electron chi connectivity index (χ4n) is 3.67. The highest BCUT2D eigenvalue weighted by molar-refractivity contribution is 6.35. The molecule has 4 aromatic rings. The van der Waals surface area contributed by atoms with E-state index in [1.165, 1.54) is 4.90 Å². The lowest BCUT2D eigenvalue weighted by molar-refractivity contribution is -0.676. The van der Waals surface area contributed by atoms with Crippen molar-refractivity contribution in [2.45, 2.75) is 33.5 Å². The van der Waals surface area contributed by atoms with Gasteiger partial charge in [0.1, 0.15) is 12.1 Å².